The third kappa shape index (κ3) is 9.28. The number of carbonyl (C=O) groups excluding carboxylic acids is 2. The first-order valence-electron chi connectivity index (χ1n) is 10.0. The smallest absolute Gasteiger partial charge is 0.407 e. The van der Waals surface area contributed by atoms with E-state index in [-0.39, 0.29) is 31.2 Å². The lowest BCUT2D eigenvalue weighted by molar-refractivity contribution is -0.300. The number of ether oxygens (including phenoxy) is 4. The van der Waals surface area contributed by atoms with Gasteiger partial charge in [-0.25, -0.2) is 4.79 Å². The topological polar surface area (TPSA) is 83.1 Å². The van der Waals surface area contributed by atoms with Crippen molar-refractivity contribution in [3.63, 3.8) is 0 Å². The van der Waals surface area contributed by atoms with Crippen molar-refractivity contribution in [3.8, 4) is 0 Å². The van der Waals surface area contributed by atoms with Crippen LogP contribution in [0.3, 0.4) is 0 Å². The van der Waals surface area contributed by atoms with Gasteiger partial charge in [0, 0.05) is 13.0 Å². The second-order valence-corrected chi connectivity index (χ2v) is 8.68. The minimum atomic E-state index is -0.802. The molecular weight excluding hydrogens is 374 g/mol. The van der Waals surface area contributed by atoms with Gasteiger partial charge < -0.3 is 24.3 Å². The second-order valence-electron chi connectivity index (χ2n) is 8.68. The van der Waals surface area contributed by atoms with Crippen LogP contribution in [0.15, 0.2) is 30.3 Å². The van der Waals surface area contributed by atoms with E-state index in [0.29, 0.717) is 19.4 Å². The van der Waals surface area contributed by atoms with E-state index in [0.717, 1.165) is 5.56 Å². The molecule has 7 heteroatoms. The predicted molar refractivity (Wildman–Crippen MR) is 108 cm³/mol. The summed E-state index contributed by atoms with van der Waals surface area (Å²) in [6, 6.07) is 9.50. The lowest BCUT2D eigenvalue weighted by atomic mass is 10.0. The van der Waals surface area contributed by atoms with Crippen LogP contribution in [0.1, 0.15) is 59.4 Å². The van der Waals surface area contributed by atoms with Gasteiger partial charge in [-0.1, -0.05) is 30.3 Å². The van der Waals surface area contributed by atoms with Gasteiger partial charge in [0.1, 0.15) is 12.2 Å². The van der Waals surface area contributed by atoms with Crippen LogP contribution in [0.5, 0.6) is 0 Å². The van der Waals surface area contributed by atoms with Crippen molar-refractivity contribution >= 4 is 12.1 Å². The van der Waals surface area contributed by atoms with E-state index in [1.165, 1.54) is 0 Å². The Balaban J connectivity index is 1.74. The van der Waals surface area contributed by atoms with Crippen LogP contribution in [0.2, 0.25) is 0 Å². The summed E-state index contributed by atoms with van der Waals surface area (Å²) in [6.45, 7) is 9.80. The van der Waals surface area contributed by atoms with Gasteiger partial charge in [0.25, 0.3) is 0 Å². The first kappa shape index (κ1) is 23.2. The normalized spacial score (nSPS) is 21.3. The quantitative estimate of drug-likeness (QED) is 0.689. The lowest BCUT2D eigenvalue weighted by Crippen LogP contribution is -2.46. The van der Waals surface area contributed by atoms with Gasteiger partial charge in [0.05, 0.1) is 18.6 Å². The SMILES string of the molecule is CC(C)(C)OC(=O)CC1CC(CCNC(=O)OCc2ccccc2)OC(C)(C)O1. The number of nitrogens with one attached hydrogen (secondary N) is 1. The minimum Gasteiger partial charge on any atom is -0.460 e. The highest BCUT2D eigenvalue weighted by Crippen LogP contribution is 2.30. The molecule has 2 unspecified atom stereocenters. The largest absolute Gasteiger partial charge is 0.460 e. The van der Waals surface area contributed by atoms with E-state index in [9.17, 15) is 9.59 Å². The first-order valence-corrected chi connectivity index (χ1v) is 10.0. The molecule has 0 saturated carbocycles. The van der Waals surface area contributed by atoms with Gasteiger partial charge in [-0.05, 0) is 46.6 Å². The van der Waals surface area contributed by atoms with E-state index in [4.69, 9.17) is 18.9 Å². The third-order valence-electron chi connectivity index (χ3n) is 4.19. The minimum absolute atomic E-state index is 0.138. The molecule has 1 fully saturated rings. The zero-order valence-electron chi connectivity index (χ0n) is 18.0. The molecular formula is C22H33NO6. The maximum Gasteiger partial charge on any atom is 0.407 e. The number of hydrogen-bond donors (Lipinski definition) is 1. The Labute approximate surface area is 173 Å². The Bertz CT molecular complexity index is 668. The van der Waals surface area contributed by atoms with E-state index in [1.807, 2.05) is 65.0 Å². The molecule has 0 bridgehead atoms. The molecule has 1 amide bonds. The maximum atomic E-state index is 12.1. The Kier molecular flexibility index (Phi) is 8.05. The van der Waals surface area contributed by atoms with Gasteiger partial charge in [0.15, 0.2) is 5.79 Å². The van der Waals surface area contributed by atoms with Crippen LogP contribution in [-0.2, 0) is 30.3 Å². The zero-order valence-corrected chi connectivity index (χ0v) is 18.0. The number of alkyl carbamates (subject to hydrolysis) is 1. The van der Waals surface area contributed by atoms with E-state index in [1.54, 1.807) is 0 Å². The summed E-state index contributed by atoms with van der Waals surface area (Å²) < 4.78 is 22.4. The number of amides is 1. The molecule has 1 aromatic carbocycles. The second kappa shape index (κ2) is 10.1. The molecule has 1 saturated heterocycles. The van der Waals surface area contributed by atoms with Crippen LogP contribution in [0.25, 0.3) is 0 Å². The van der Waals surface area contributed by atoms with Gasteiger partial charge in [-0.2, -0.15) is 0 Å². The van der Waals surface area contributed by atoms with Crippen LogP contribution >= 0.6 is 0 Å². The fourth-order valence-corrected chi connectivity index (χ4v) is 3.20. The molecule has 0 aliphatic carbocycles. The summed E-state index contributed by atoms with van der Waals surface area (Å²) >= 11 is 0. The fourth-order valence-electron chi connectivity index (χ4n) is 3.20. The monoisotopic (exact) mass is 407 g/mol. The molecule has 7 nitrogen and oxygen atoms in total. The van der Waals surface area contributed by atoms with Crippen LogP contribution in [-0.4, -0.2) is 42.2 Å². The summed E-state index contributed by atoms with van der Waals surface area (Å²) in [4.78, 5) is 24.0. The standard InChI is InChI=1S/C22H33NO6/c1-21(2,3)29-19(24)14-18-13-17(27-22(4,5)28-18)11-12-23-20(25)26-15-16-9-7-6-8-10-16/h6-10,17-18H,11-15H2,1-5H3,(H,23,25). The van der Waals surface area contributed by atoms with E-state index in [2.05, 4.69) is 5.32 Å². The van der Waals surface area contributed by atoms with Crippen molar-refractivity contribution < 1.29 is 28.5 Å². The molecule has 162 valence electrons. The van der Waals surface area contributed by atoms with Gasteiger partial charge in [-0.15, -0.1) is 0 Å². The number of benzene rings is 1. The molecule has 1 aliphatic heterocycles. The third-order valence-corrected chi connectivity index (χ3v) is 4.19. The highest BCUT2D eigenvalue weighted by Gasteiger charge is 2.36. The number of rotatable bonds is 7. The number of carbonyl (C=O) groups is 2. The van der Waals surface area contributed by atoms with Gasteiger partial charge in [0.2, 0.25) is 0 Å². The van der Waals surface area contributed by atoms with Gasteiger partial charge >= 0.3 is 12.1 Å². The first-order chi connectivity index (χ1) is 13.5. The Morgan fingerprint density at radius 3 is 2.45 bits per heavy atom. The molecule has 2 atom stereocenters. The van der Waals surface area contributed by atoms with Crippen molar-refractivity contribution in [1.29, 1.82) is 0 Å². The maximum absolute atomic E-state index is 12.1. The average molecular weight is 408 g/mol. The Hall–Kier alpha value is -2.12. The molecule has 1 aromatic rings. The summed E-state index contributed by atoms with van der Waals surface area (Å²) in [6.07, 6.45) is 0.434. The molecule has 0 aromatic heterocycles. The Morgan fingerprint density at radius 1 is 1.14 bits per heavy atom. The summed E-state index contributed by atoms with van der Waals surface area (Å²) in [5.41, 5.74) is 0.406. The molecule has 29 heavy (non-hydrogen) atoms. The summed E-state index contributed by atoms with van der Waals surface area (Å²) in [5.74, 6) is -1.09. The van der Waals surface area contributed by atoms with E-state index >= 15 is 0 Å². The van der Waals surface area contributed by atoms with Crippen LogP contribution in [0.4, 0.5) is 4.79 Å². The Morgan fingerprint density at radius 2 is 1.79 bits per heavy atom. The molecule has 1 heterocycles. The number of esters is 1. The predicted octanol–water partition coefficient (Wildman–Crippen LogP) is 3.94. The molecule has 1 N–H and O–H groups in total. The molecule has 0 spiro atoms. The summed E-state index contributed by atoms with van der Waals surface area (Å²) in [5, 5.41) is 2.74. The van der Waals surface area contributed by atoms with Crippen LogP contribution in [0, 0.1) is 0 Å². The highest BCUT2D eigenvalue weighted by atomic mass is 16.7. The molecule has 2 rings (SSSR count). The van der Waals surface area contributed by atoms with E-state index < -0.39 is 17.5 Å². The molecule has 0 radical (unpaired) electrons. The van der Waals surface area contributed by atoms with Crippen molar-refractivity contribution in [2.75, 3.05) is 6.54 Å². The van der Waals surface area contributed by atoms with Crippen molar-refractivity contribution in [2.24, 2.45) is 0 Å². The zero-order chi connectivity index (χ0) is 21.5. The fraction of sp³-hybridized carbons (Fsp3) is 0.636. The van der Waals surface area contributed by atoms with Crippen molar-refractivity contribution in [1.82, 2.24) is 5.32 Å². The lowest BCUT2D eigenvalue weighted by Gasteiger charge is -2.40. The highest BCUT2D eigenvalue weighted by molar-refractivity contribution is 5.70. The van der Waals surface area contributed by atoms with Crippen molar-refractivity contribution in [3.05, 3.63) is 35.9 Å². The average Bonchev–Trinajstić information content (AvgIpc) is 2.57. The molecule has 1 aliphatic rings. The van der Waals surface area contributed by atoms with Crippen molar-refractivity contribution in [2.45, 2.75) is 84.1 Å². The van der Waals surface area contributed by atoms with Crippen LogP contribution < -0.4 is 5.32 Å². The number of hydrogen-bond acceptors (Lipinski definition) is 6. The summed E-state index contributed by atoms with van der Waals surface area (Å²) in [7, 11) is 0. The van der Waals surface area contributed by atoms with Gasteiger partial charge in [-0.3, -0.25) is 4.79 Å².